The molecule has 2 aliphatic rings. The first-order valence-corrected chi connectivity index (χ1v) is 13.2. The normalized spacial score (nSPS) is 17.5. The molecule has 1 N–H and O–H groups in total. The zero-order chi connectivity index (χ0) is 29.2. The quantitative estimate of drug-likeness (QED) is 0.323. The van der Waals surface area contributed by atoms with E-state index in [0.717, 1.165) is 37.1 Å². The zero-order valence-electron chi connectivity index (χ0n) is 21.9. The van der Waals surface area contributed by atoms with E-state index in [9.17, 15) is 30.7 Å². The Morgan fingerprint density at radius 2 is 1.41 bits per heavy atom. The maximum absolute atomic E-state index is 14.0. The molecule has 0 amide bonds. The topological polar surface area (TPSA) is 53.5 Å². The highest BCUT2D eigenvalue weighted by atomic mass is 19.4. The van der Waals surface area contributed by atoms with E-state index in [1.165, 1.54) is 24.5 Å². The minimum atomic E-state index is -4.73. The second-order valence-corrected chi connectivity index (χ2v) is 10.2. The zero-order valence-corrected chi connectivity index (χ0v) is 21.9. The van der Waals surface area contributed by atoms with Gasteiger partial charge < -0.3 is 19.9 Å². The number of hydrogen-bond acceptors (Lipinski definition) is 6. The highest BCUT2D eigenvalue weighted by Gasteiger charge is 2.34. The molecule has 2 saturated heterocycles. The molecule has 1 aromatic heterocycles. The molecule has 0 saturated carbocycles. The highest BCUT2D eigenvalue weighted by molar-refractivity contribution is 5.49. The van der Waals surface area contributed by atoms with Gasteiger partial charge in [-0.05, 0) is 55.3 Å². The molecule has 13 heteroatoms. The summed E-state index contributed by atoms with van der Waals surface area (Å²) < 4.78 is 97.0. The molecule has 0 spiro atoms. The summed E-state index contributed by atoms with van der Waals surface area (Å²) in [5.41, 5.74) is -0.920. The number of hydrogen-bond donors (Lipinski definition) is 1. The standard InChI is InChI=1S/C28H28F7N5O/c29-24-15-21(5-6-23(24)28(33,34)35)39-13-9-22(10-14-39)41-26-16-25(36-17-37-26)40-11-7-20(8-12-40)38-19-3-1-18(2-4-19)27(30,31)32/h1-6,15-17,20,22,38H,7-14H2. The van der Waals surface area contributed by atoms with Crippen molar-refractivity contribution in [1.29, 1.82) is 0 Å². The number of alkyl halides is 6. The van der Waals surface area contributed by atoms with Crippen molar-refractivity contribution in [3.63, 3.8) is 0 Å². The monoisotopic (exact) mass is 583 g/mol. The number of ether oxygens (including phenoxy) is 1. The lowest BCUT2D eigenvalue weighted by Gasteiger charge is -2.34. The molecule has 2 aromatic carbocycles. The van der Waals surface area contributed by atoms with Gasteiger partial charge in [-0.1, -0.05) is 0 Å². The van der Waals surface area contributed by atoms with Gasteiger partial charge >= 0.3 is 12.4 Å². The van der Waals surface area contributed by atoms with Crippen LogP contribution >= 0.6 is 0 Å². The fourth-order valence-electron chi connectivity index (χ4n) is 5.14. The second kappa shape index (κ2) is 11.6. The lowest BCUT2D eigenvalue weighted by atomic mass is 10.0. The molecule has 0 atom stereocenters. The predicted octanol–water partition coefficient (Wildman–Crippen LogP) is 6.78. The van der Waals surface area contributed by atoms with E-state index in [0.29, 0.717) is 62.1 Å². The first-order valence-electron chi connectivity index (χ1n) is 13.2. The van der Waals surface area contributed by atoms with Crippen molar-refractivity contribution in [2.75, 3.05) is 41.3 Å². The van der Waals surface area contributed by atoms with Crippen LogP contribution < -0.4 is 19.9 Å². The van der Waals surface area contributed by atoms with Gasteiger partial charge in [0.2, 0.25) is 5.88 Å². The van der Waals surface area contributed by atoms with Gasteiger partial charge in [-0.15, -0.1) is 0 Å². The summed E-state index contributed by atoms with van der Waals surface area (Å²) in [6.07, 6.45) is -5.12. The Morgan fingerprint density at radius 3 is 2.02 bits per heavy atom. The molecule has 5 rings (SSSR count). The van der Waals surface area contributed by atoms with Gasteiger partial charge in [0, 0.05) is 62.5 Å². The van der Waals surface area contributed by atoms with Crippen molar-refractivity contribution in [3.8, 4) is 5.88 Å². The SMILES string of the molecule is Fc1cc(N2CCC(Oc3cc(N4CCC(Nc5ccc(C(F)(F)F)cc5)CC4)ncn3)CC2)ccc1C(F)(F)F. The van der Waals surface area contributed by atoms with Crippen LogP contribution in [0.25, 0.3) is 0 Å². The molecule has 2 aliphatic heterocycles. The van der Waals surface area contributed by atoms with E-state index in [2.05, 4.69) is 20.2 Å². The predicted molar refractivity (Wildman–Crippen MR) is 140 cm³/mol. The van der Waals surface area contributed by atoms with Gasteiger partial charge in [0.25, 0.3) is 0 Å². The number of aromatic nitrogens is 2. The van der Waals surface area contributed by atoms with Gasteiger partial charge in [-0.2, -0.15) is 26.3 Å². The second-order valence-electron chi connectivity index (χ2n) is 10.2. The van der Waals surface area contributed by atoms with Crippen LogP contribution in [0.15, 0.2) is 54.9 Å². The summed E-state index contributed by atoms with van der Waals surface area (Å²) in [5, 5.41) is 3.30. The number of nitrogens with one attached hydrogen (secondary N) is 1. The van der Waals surface area contributed by atoms with Crippen LogP contribution in [-0.2, 0) is 12.4 Å². The van der Waals surface area contributed by atoms with Crippen molar-refractivity contribution >= 4 is 17.2 Å². The maximum Gasteiger partial charge on any atom is 0.419 e. The van der Waals surface area contributed by atoms with E-state index >= 15 is 0 Å². The van der Waals surface area contributed by atoms with Crippen LogP contribution in [0.4, 0.5) is 47.9 Å². The average Bonchev–Trinajstić information content (AvgIpc) is 2.93. The third-order valence-electron chi connectivity index (χ3n) is 7.38. The molecule has 3 aromatic rings. The summed E-state index contributed by atoms with van der Waals surface area (Å²) >= 11 is 0. The summed E-state index contributed by atoms with van der Waals surface area (Å²) in [6.45, 7) is 2.37. The lowest BCUT2D eigenvalue weighted by Crippen LogP contribution is -2.40. The molecule has 0 radical (unpaired) electrons. The molecular weight excluding hydrogens is 555 g/mol. The van der Waals surface area contributed by atoms with Crippen molar-refractivity contribution < 1.29 is 35.5 Å². The minimum absolute atomic E-state index is 0.115. The first kappa shape index (κ1) is 28.7. The summed E-state index contributed by atoms with van der Waals surface area (Å²) in [6, 6.07) is 9.87. The smallest absolute Gasteiger partial charge is 0.419 e. The van der Waals surface area contributed by atoms with Crippen LogP contribution in [0.2, 0.25) is 0 Å². The van der Waals surface area contributed by atoms with Crippen LogP contribution in [0.3, 0.4) is 0 Å². The molecular formula is C28H28F7N5O. The third kappa shape index (κ3) is 7.12. The van der Waals surface area contributed by atoms with Gasteiger partial charge in [-0.3, -0.25) is 0 Å². The summed E-state index contributed by atoms with van der Waals surface area (Å²) in [5.74, 6) is -0.166. The van der Waals surface area contributed by atoms with Gasteiger partial charge in [0.1, 0.15) is 24.1 Å². The summed E-state index contributed by atoms with van der Waals surface area (Å²) in [7, 11) is 0. The van der Waals surface area contributed by atoms with Crippen molar-refractivity contribution in [2.45, 2.75) is 50.2 Å². The molecule has 41 heavy (non-hydrogen) atoms. The lowest BCUT2D eigenvalue weighted by molar-refractivity contribution is -0.140. The van der Waals surface area contributed by atoms with Gasteiger partial charge in [-0.25, -0.2) is 14.4 Å². The number of benzene rings is 2. The molecule has 220 valence electrons. The van der Waals surface area contributed by atoms with Gasteiger partial charge in [0.05, 0.1) is 11.1 Å². The Morgan fingerprint density at radius 1 is 0.756 bits per heavy atom. The highest BCUT2D eigenvalue weighted by Crippen LogP contribution is 2.34. The molecule has 3 heterocycles. The number of anilines is 3. The fourth-order valence-corrected chi connectivity index (χ4v) is 5.14. The average molecular weight is 584 g/mol. The van der Waals surface area contributed by atoms with E-state index in [1.54, 1.807) is 6.07 Å². The van der Waals surface area contributed by atoms with E-state index in [-0.39, 0.29) is 12.1 Å². The Balaban J connectivity index is 1.10. The van der Waals surface area contributed by atoms with E-state index in [4.69, 9.17) is 4.74 Å². The van der Waals surface area contributed by atoms with Crippen LogP contribution in [0.5, 0.6) is 5.88 Å². The number of rotatable bonds is 6. The molecule has 2 fully saturated rings. The molecule has 0 unspecified atom stereocenters. The fraction of sp³-hybridized carbons (Fsp3) is 0.429. The molecule has 6 nitrogen and oxygen atoms in total. The van der Waals surface area contributed by atoms with Crippen molar-refractivity contribution in [3.05, 3.63) is 71.8 Å². The van der Waals surface area contributed by atoms with Crippen LogP contribution in [0.1, 0.15) is 36.8 Å². The van der Waals surface area contributed by atoms with E-state index < -0.39 is 29.3 Å². The Hall–Kier alpha value is -3.77. The Labute approximate surface area is 232 Å². The van der Waals surface area contributed by atoms with Crippen LogP contribution in [-0.4, -0.2) is 48.3 Å². The van der Waals surface area contributed by atoms with E-state index in [1.807, 2.05) is 4.90 Å². The number of nitrogens with zero attached hydrogens (tertiary/aromatic N) is 4. The number of halogens is 7. The Bertz CT molecular complexity index is 1320. The minimum Gasteiger partial charge on any atom is -0.474 e. The maximum atomic E-state index is 14.0. The molecule has 0 bridgehead atoms. The van der Waals surface area contributed by atoms with Gasteiger partial charge in [0.15, 0.2) is 0 Å². The first-order chi connectivity index (χ1) is 19.5. The Kier molecular flexibility index (Phi) is 8.14. The van der Waals surface area contributed by atoms with Crippen molar-refractivity contribution in [2.24, 2.45) is 0 Å². The third-order valence-corrected chi connectivity index (χ3v) is 7.38. The molecule has 0 aliphatic carbocycles. The summed E-state index contributed by atoms with van der Waals surface area (Å²) in [4.78, 5) is 12.5. The number of piperidine rings is 2. The van der Waals surface area contributed by atoms with Crippen LogP contribution in [0, 0.1) is 5.82 Å². The largest absolute Gasteiger partial charge is 0.474 e. The van der Waals surface area contributed by atoms with Crippen molar-refractivity contribution in [1.82, 2.24) is 9.97 Å².